The summed E-state index contributed by atoms with van der Waals surface area (Å²) in [6.07, 6.45) is 10.1. The van der Waals surface area contributed by atoms with E-state index in [0.717, 1.165) is 32.1 Å². The Morgan fingerprint density at radius 2 is 1.28 bits per heavy atom. The standard InChI is InChI=1S/C24H34O/c1-4-7-13-20-18-23(25)21(16-8-5-2)22(17-9-6-3)24(20)19-14-11-10-12-15-19/h10-12,14-15,18,25H,4-9,13,16-17H2,1-3H3. The first-order chi connectivity index (χ1) is 12.2. The summed E-state index contributed by atoms with van der Waals surface area (Å²) in [4.78, 5) is 0. The van der Waals surface area contributed by atoms with Gasteiger partial charge in [0.1, 0.15) is 5.75 Å². The molecule has 25 heavy (non-hydrogen) atoms. The molecule has 0 heterocycles. The molecular weight excluding hydrogens is 304 g/mol. The molecule has 1 N–H and O–H groups in total. The lowest BCUT2D eigenvalue weighted by molar-refractivity contribution is 0.464. The third-order valence-corrected chi connectivity index (χ3v) is 5.03. The van der Waals surface area contributed by atoms with Crippen LogP contribution in [-0.4, -0.2) is 5.11 Å². The van der Waals surface area contributed by atoms with E-state index in [1.54, 1.807) is 0 Å². The summed E-state index contributed by atoms with van der Waals surface area (Å²) in [5.41, 5.74) is 6.60. The van der Waals surface area contributed by atoms with E-state index in [-0.39, 0.29) is 0 Å². The smallest absolute Gasteiger partial charge is 0.119 e. The molecule has 1 heteroatoms. The van der Waals surface area contributed by atoms with E-state index in [1.165, 1.54) is 53.5 Å². The van der Waals surface area contributed by atoms with E-state index < -0.39 is 0 Å². The Morgan fingerprint density at radius 1 is 0.720 bits per heavy atom. The Morgan fingerprint density at radius 3 is 1.88 bits per heavy atom. The second-order valence-electron chi connectivity index (χ2n) is 7.06. The van der Waals surface area contributed by atoms with Gasteiger partial charge >= 0.3 is 0 Å². The van der Waals surface area contributed by atoms with Crippen molar-refractivity contribution in [2.45, 2.75) is 78.6 Å². The van der Waals surface area contributed by atoms with Crippen LogP contribution in [0.5, 0.6) is 5.75 Å². The van der Waals surface area contributed by atoms with Gasteiger partial charge in [-0.25, -0.2) is 0 Å². The minimum Gasteiger partial charge on any atom is -0.508 e. The van der Waals surface area contributed by atoms with Gasteiger partial charge in [-0.1, -0.05) is 70.4 Å². The molecule has 0 bridgehead atoms. The van der Waals surface area contributed by atoms with Crippen molar-refractivity contribution in [1.82, 2.24) is 0 Å². The second-order valence-corrected chi connectivity index (χ2v) is 7.06. The maximum absolute atomic E-state index is 10.8. The molecule has 0 atom stereocenters. The summed E-state index contributed by atoms with van der Waals surface area (Å²) < 4.78 is 0. The Kier molecular flexibility index (Phi) is 8.04. The maximum atomic E-state index is 10.8. The Labute approximate surface area is 154 Å². The molecule has 0 saturated carbocycles. The van der Waals surface area contributed by atoms with Crippen LogP contribution in [0.15, 0.2) is 36.4 Å². The quantitative estimate of drug-likeness (QED) is 0.490. The largest absolute Gasteiger partial charge is 0.508 e. The summed E-state index contributed by atoms with van der Waals surface area (Å²) in [5.74, 6) is 0.519. The second kappa shape index (κ2) is 10.3. The topological polar surface area (TPSA) is 20.2 Å². The molecule has 0 saturated heterocycles. The Bertz CT molecular complexity index is 643. The van der Waals surface area contributed by atoms with Gasteiger partial charge < -0.3 is 5.11 Å². The van der Waals surface area contributed by atoms with Gasteiger partial charge in [-0.3, -0.25) is 0 Å². The monoisotopic (exact) mass is 338 g/mol. The maximum Gasteiger partial charge on any atom is 0.119 e. The van der Waals surface area contributed by atoms with Gasteiger partial charge in [0.25, 0.3) is 0 Å². The molecule has 0 radical (unpaired) electrons. The lowest BCUT2D eigenvalue weighted by Gasteiger charge is -2.21. The van der Waals surface area contributed by atoms with Crippen molar-refractivity contribution in [1.29, 1.82) is 0 Å². The highest BCUT2D eigenvalue weighted by molar-refractivity contribution is 5.74. The van der Waals surface area contributed by atoms with Gasteiger partial charge in [-0.2, -0.15) is 0 Å². The molecule has 0 amide bonds. The van der Waals surface area contributed by atoms with Crippen LogP contribution in [0.4, 0.5) is 0 Å². The first kappa shape index (κ1) is 19.6. The van der Waals surface area contributed by atoms with Crippen molar-refractivity contribution in [3.63, 3.8) is 0 Å². The van der Waals surface area contributed by atoms with Gasteiger partial charge in [0.15, 0.2) is 0 Å². The zero-order chi connectivity index (χ0) is 18.1. The molecule has 136 valence electrons. The van der Waals surface area contributed by atoms with Gasteiger partial charge in [0.2, 0.25) is 0 Å². The number of rotatable bonds is 10. The molecule has 2 aromatic rings. The molecular formula is C24H34O. The van der Waals surface area contributed by atoms with E-state index >= 15 is 0 Å². The van der Waals surface area contributed by atoms with Gasteiger partial charge in [-0.15, -0.1) is 0 Å². The van der Waals surface area contributed by atoms with E-state index in [2.05, 4.69) is 57.2 Å². The molecule has 0 spiro atoms. The van der Waals surface area contributed by atoms with Crippen LogP contribution in [0, 0.1) is 0 Å². The van der Waals surface area contributed by atoms with E-state index in [1.807, 2.05) is 0 Å². The van der Waals surface area contributed by atoms with Crippen LogP contribution in [0.2, 0.25) is 0 Å². The number of benzene rings is 2. The molecule has 0 aliphatic carbocycles. The van der Waals surface area contributed by atoms with E-state index in [9.17, 15) is 5.11 Å². The SMILES string of the molecule is CCCCc1cc(O)c(CCCC)c(CCCC)c1-c1ccccc1. The third kappa shape index (κ3) is 5.11. The highest BCUT2D eigenvalue weighted by atomic mass is 16.3. The summed E-state index contributed by atoms with van der Waals surface area (Å²) >= 11 is 0. The molecule has 2 aromatic carbocycles. The minimum atomic E-state index is 0.519. The fourth-order valence-electron chi connectivity index (χ4n) is 3.61. The van der Waals surface area contributed by atoms with Crippen LogP contribution < -0.4 is 0 Å². The lowest BCUT2D eigenvalue weighted by Crippen LogP contribution is -2.04. The Balaban J connectivity index is 2.62. The first-order valence-electron chi connectivity index (χ1n) is 10.1. The number of hydrogen-bond donors (Lipinski definition) is 1. The van der Waals surface area contributed by atoms with Crippen molar-refractivity contribution >= 4 is 0 Å². The van der Waals surface area contributed by atoms with Crippen molar-refractivity contribution in [3.8, 4) is 16.9 Å². The number of aryl methyl sites for hydroxylation is 1. The zero-order valence-electron chi connectivity index (χ0n) is 16.3. The van der Waals surface area contributed by atoms with Gasteiger partial charge in [-0.05, 0) is 72.4 Å². The van der Waals surface area contributed by atoms with Crippen LogP contribution in [0.25, 0.3) is 11.1 Å². The average Bonchev–Trinajstić information content (AvgIpc) is 2.64. The fourth-order valence-corrected chi connectivity index (χ4v) is 3.61. The lowest BCUT2D eigenvalue weighted by atomic mass is 9.84. The van der Waals surface area contributed by atoms with Crippen molar-refractivity contribution in [3.05, 3.63) is 53.1 Å². The predicted molar refractivity (Wildman–Crippen MR) is 109 cm³/mol. The third-order valence-electron chi connectivity index (χ3n) is 5.03. The minimum absolute atomic E-state index is 0.519. The molecule has 0 aliphatic rings. The van der Waals surface area contributed by atoms with Gasteiger partial charge in [0.05, 0.1) is 0 Å². The highest BCUT2D eigenvalue weighted by Crippen LogP contribution is 2.38. The molecule has 0 aromatic heterocycles. The summed E-state index contributed by atoms with van der Waals surface area (Å²) in [6.45, 7) is 6.70. The summed E-state index contributed by atoms with van der Waals surface area (Å²) in [5, 5.41) is 10.8. The predicted octanol–water partition coefficient (Wildman–Crippen LogP) is 7.09. The molecule has 0 aliphatic heterocycles. The number of unbranched alkanes of at least 4 members (excludes halogenated alkanes) is 3. The van der Waals surface area contributed by atoms with Crippen molar-refractivity contribution in [2.24, 2.45) is 0 Å². The van der Waals surface area contributed by atoms with Crippen molar-refractivity contribution < 1.29 is 5.11 Å². The zero-order valence-corrected chi connectivity index (χ0v) is 16.3. The summed E-state index contributed by atoms with van der Waals surface area (Å²) in [6, 6.07) is 12.8. The van der Waals surface area contributed by atoms with Crippen LogP contribution >= 0.6 is 0 Å². The number of hydrogen-bond acceptors (Lipinski definition) is 1. The normalized spacial score (nSPS) is 11.0. The average molecular weight is 339 g/mol. The number of aromatic hydroxyl groups is 1. The first-order valence-corrected chi connectivity index (χ1v) is 10.1. The molecule has 0 unspecified atom stereocenters. The Hall–Kier alpha value is -1.76. The van der Waals surface area contributed by atoms with Crippen LogP contribution in [0.1, 0.15) is 76.0 Å². The summed E-state index contributed by atoms with van der Waals surface area (Å²) in [7, 11) is 0. The number of phenolic OH excluding ortho intramolecular Hbond substituents is 1. The fraction of sp³-hybridized carbons (Fsp3) is 0.500. The van der Waals surface area contributed by atoms with E-state index in [4.69, 9.17) is 0 Å². The number of phenols is 1. The van der Waals surface area contributed by atoms with Crippen LogP contribution in [0.3, 0.4) is 0 Å². The highest BCUT2D eigenvalue weighted by Gasteiger charge is 2.18. The van der Waals surface area contributed by atoms with Gasteiger partial charge in [0, 0.05) is 0 Å². The molecule has 1 nitrogen and oxygen atoms in total. The van der Waals surface area contributed by atoms with Crippen molar-refractivity contribution in [2.75, 3.05) is 0 Å². The van der Waals surface area contributed by atoms with Crippen LogP contribution in [-0.2, 0) is 19.3 Å². The van der Waals surface area contributed by atoms with E-state index in [0.29, 0.717) is 5.75 Å². The molecule has 0 fully saturated rings. The molecule has 2 rings (SSSR count).